The Morgan fingerprint density at radius 2 is 1.47 bits per heavy atom. The molecule has 6 nitrogen and oxygen atoms in total. The van der Waals surface area contributed by atoms with E-state index in [0.29, 0.717) is 50.0 Å². The summed E-state index contributed by atoms with van der Waals surface area (Å²) in [7, 11) is 0. The maximum Gasteiger partial charge on any atom is 0.416 e. The molecule has 5 atom stereocenters. The van der Waals surface area contributed by atoms with Gasteiger partial charge in [0.2, 0.25) is 5.91 Å². The number of rotatable bonds is 5. The molecule has 258 valence electrons. The van der Waals surface area contributed by atoms with Crippen LogP contribution >= 0.6 is 0 Å². The van der Waals surface area contributed by atoms with Crippen LogP contribution in [0.15, 0.2) is 42.5 Å². The van der Waals surface area contributed by atoms with Gasteiger partial charge in [0.1, 0.15) is 11.4 Å². The Bertz CT molecular complexity index is 1410. The van der Waals surface area contributed by atoms with E-state index >= 15 is 0 Å². The highest BCUT2D eigenvalue weighted by molar-refractivity contribution is 5.78. The van der Waals surface area contributed by atoms with Crippen molar-refractivity contribution < 1.29 is 49.8 Å². The molecule has 5 rings (SSSR count). The van der Waals surface area contributed by atoms with E-state index in [9.17, 15) is 40.3 Å². The molecule has 0 saturated carbocycles. The van der Waals surface area contributed by atoms with E-state index in [1.165, 1.54) is 19.1 Å². The SMILES string of the molecule is C[C@@H](O[C@H]1CN2C(=O)CC(C3CCN(C(=O)OC(C)(C)C)CC3)CC2[C@@H]1c1ccc(F)cc1)c1cc(C(F)(F)F)cc(C(F)(F)F)c1. The molecule has 3 heterocycles. The number of fused-ring (bicyclic) bond motifs is 1. The Balaban J connectivity index is 1.37. The van der Waals surface area contributed by atoms with E-state index in [1.54, 1.807) is 42.7 Å². The molecular formula is C34H39F7N2O4. The van der Waals surface area contributed by atoms with Crippen LogP contribution in [0.2, 0.25) is 0 Å². The van der Waals surface area contributed by atoms with Gasteiger partial charge >= 0.3 is 18.4 Å². The van der Waals surface area contributed by atoms with Crippen LogP contribution in [-0.2, 0) is 26.6 Å². The summed E-state index contributed by atoms with van der Waals surface area (Å²) in [5.41, 5.74) is -3.14. The summed E-state index contributed by atoms with van der Waals surface area (Å²) in [6, 6.07) is 6.70. The number of piperidine rings is 2. The molecule has 3 saturated heterocycles. The average Bonchev–Trinajstić information content (AvgIpc) is 3.34. The van der Waals surface area contributed by atoms with Crippen molar-refractivity contribution in [2.45, 2.75) is 95.5 Å². The molecule has 0 aromatic heterocycles. The molecule has 2 amide bonds. The minimum absolute atomic E-state index is 0.0125. The van der Waals surface area contributed by atoms with Crippen LogP contribution in [0.4, 0.5) is 35.5 Å². The van der Waals surface area contributed by atoms with Gasteiger partial charge in [-0.05, 0) is 100 Å². The van der Waals surface area contributed by atoms with Crippen molar-refractivity contribution in [3.63, 3.8) is 0 Å². The lowest BCUT2D eigenvalue weighted by atomic mass is 9.74. The fourth-order valence-electron chi connectivity index (χ4n) is 7.22. The number of hydrogen-bond donors (Lipinski definition) is 0. The number of amides is 2. The topological polar surface area (TPSA) is 59.1 Å². The second-order valence-corrected chi connectivity index (χ2v) is 13.9. The first-order chi connectivity index (χ1) is 21.8. The highest BCUT2D eigenvalue weighted by Gasteiger charge is 2.51. The smallest absolute Gasteiger partial charge is 0.416 e. The van der Waals surface area contributed by atoms with E-state index in [4.69, 9.17) is 9.47 Å². The monoisotopic (exact) mass is 672 g/mol. The number of hydrogen-bond acceptors (Lipinski definition) is 4. The lowest BCUT2D eigenvalue weighted by Crippen LogP contribution is -2.48. The highest BCUT2D eigenvalue weighted by atomic mass is 19.4. The van der Waals surface area contributed by atoms with Crippen molar-refractivity contribution in [1.29, 1.82) is 0 Å². The fourth-order valence-corrected chi connectivity index (χ4v) is 7.22. The van der Waals surface area contributed by atoms with Crippen molar-refractivity contribution in [1.82, 2.24) is 9.80 Å². The molecule has 3 aliphatic rings. The lowest BCUT2D eigenvalue weighted by Gasteiger charge is -2.42. The molecule has 47 heavy (non-hydrogen) atoms. The zero-order valence-electron chi connectivity index (χ0n) is 26.6. The number of likely N-dealkylation sites (tertiary alicyclic amines) is 1. The molecule has 3 aliphatic heterocycles. The third-order valence-electron chi connectivity index (χ3n) is 9.46. The molecule has 2 aromatic rings. The molecule has 13 heteroatoms. The van der Waals surface area contributed by atoms with Gasteiger partial charge in [0, 0.05) is 38.0 Å². The molecule has 0 bridgehead atoms. The summed E-state index contributed by atoms with van der Waals surface area (Å²) in [4.78, 5) is 29.5. The first-order valence-corrected chi connectivity index (χ1v) is 15.8. The van der Waals surface area contributed by atoms with Gasteiger partial charge in [-0.2, -0.15) is 26.3 Å². The predicted octanol–water partition coefficient (Wildman–Crippen LogP) is 8.36. The number of carbonyl (C=O) groups excluding carboxylic acids is 2. The first kappa shape index (κ1) is 35.0. The lowest BCUT2D eigenvalue weighted by molar-refractivity contribution is -0.143. The second-order valence-electron chi connectivity index (χ2n) is 13.9. The minimum Gasteiger partial charge on any atom is -0.444 e. The van der Waals surface area contributed by atoms with E-state index < -0.39 is 53.0 Å². The fraction of sp³-hybridized carbons (Fsp3) is 0.588. The number of alkyl halides is 6. The van der Waals surface area contributed by atoms with E-state index in [0.717, 1.165) is 0 Å². The number of benzene rings is 2. The minimum atomic E-state index is -5.01. The molecule has 0 spiro atoms. The maximum absolute atomic E-state index is 13.9. The number of nitrogens with zero attached hydrogens (tertiary/aromatic N) is 2. The van der Waals surface area contributed by atoms with Crippen LogP contribution in [0, 0.1) is 17.7 Å². The van der Waals surface area contributed by atoms with E-state index in [1.807, 2.05) is 0 Å². The van der Waals surface area contributed by atoms with Crippen molar-refractivity contribution in [3.8, 4) is 0 Å². The van der Waals surface area contributed by atoms with Crippen LogP contribution in [0.5, 0.6) is 0 Å². The van der Waals surface area contributed by atoms with Gasteiger partial charge in [0.15, 0.2) is 0 Å². The first-order valence-electron chi connectivity index (χ1n) is 15.8. The molecule has 2 aromatic carbocycles. The van der Waals surface area contributed by atoms with Crippen LogP contribution in [0.3, 0.4) is 0 Å². The third-order valence-corrected chi connectivity index (χ3v) is 9.46. The maximum atomic E-state index is 13.9. The summed E-state index contributed by atoms with van der Waals surface area (Å²) >= 11 is 0. The van der Waals surface area contributed by atoms with Crippen molar-refractivity contribution in [3.05, 3.63) is 70.5 Å². The summed E-state index contributed by atoms with van der Waals surface area (Å²) < 4.78 is 107. The average molecular weight is 673 g/mol. The number of ether oxygens (including phenoxy) is 2. The molecule has 0 aliphatic carbocycles. The number of halogens is 7. The second kappa shape index (κ2) is 12.9. The zero-order valence-corrected chi connectivity index (χ0v) is 26.6. The van der Waals surface area contributed by atoms with Crippen LogP contribution in [0.25, 0.3) is 0 Å². The zero-order chi connectivity index (χ0) is 34.5. The Morgan fingerprint density at radius 3 is 2.00 bits per heavy atom. The Hall–Kier alpha value is -3.35. The van der Waals surface area contributed by atoms with Crippen molar-refractivity contribution in [2.24, 2.45) is 11.8 Å². The van der Waals surface area contributed by atoms with Gasteiger partial charge in [-0.1, -0.05) is 12.1 Å². The largest absolute Gasteiger partial charge is 0.444 e. The van der Waals surface area contributed by atoms with E-state index in [-0.39, 0.29) is 54.5 Å². The molecular weight excluding hydrogens is 633 g/mol. The van der Waals surface area contributed by atoms with E-state index in [2.05, 4.69) is 0 Å². The van der Waals surface area contributed by atoms with Crippen molar-refractivity contribution in [2.75, 3.05) is 19.6 Å². The summed E-state index contributed by atoms with van der Waals surface area (Å²) in [5.74, 6) is -0.961. The number of carbonyl (C=O) groups is 2. The normalized spacial score (nSPS) is 25.1. The van der Waals surface area contributed by atoms with Crippen LogP contribution in [-0.4, -0.2) is 59.2 Å². The van der Waals surface area contributed by atoms with Gasteiger partial charge in [0.05, 0.1) is 23.3 Å². The van der Waals surface area contributed by atoms with Crippen LogP contribution < -0.4 is 0 Å². The Morgan fingerprint density at radius 1 is 0.894 bits per heavy atom. The molecule has 0 radical (unpaired) electrons. The predicted molar refractivity (Wildman–Crippen MR) is 158 cm³/mol. The standard InChI is InChI=1S/C34H39F7N2O4/c1-19(22-13-24(33(36,37)38)17-25(14-22)34(39,40)41)46-28-18-43-27(30(28)21-5-7-26(35)8-6-21)15-23(16-29(43)44)20-9-11-42(12-10-20)31(45)47-32(2,3)4/h5-8,13-14,17,19-20,23,27-28,30H,9-12,15-16,18H2,1-4H3/t19-,23?,27?,28+,30+/m1/s1. The summed E-state index contributed by atoms with van der Waals surface area (Å²) in [6.45, 7) is 7.84. The highest BCUT2D eigenvalue weighted by Crippen LogP contribution is 2.47. The quantitative estimate of drug-likeness (QED) is 0.300. The van der Waals surface area contributed by atoms with Gasteiger partial charge in [-0.25, -0.2) is 9.18 Å². The molecule has 2 unspecified atom stereocenters. The van der Waals surface area contributed by atoms with Gasteiger partial charge in [0.25, 0.3) is 0 Å². The van der Waals surface area contributed by atoms with Gasteiger partial charge in [-0.15, -0.1) is 0 Å². The van der Waals surface area contributed by atoms with Crippen molar-refractivity contribution >= 4 is 12.0 Å². The van der Waals surface area contributed by atoms with Gasteiger partial charge in [-0.3, -0.25) is 4.79 Å². The molecule has 3 fully saturated rings. The summed E-state index contributed by atoms with van der Waals surface area (Å²) in [5, 5.41) is 0. The molecule has 0 N–H and O–H groups in total. The Labute approximate surface area is 269 Å². The Kier molecular flexibility index (Phi) is 9.62. The third kappa shape index (κ3) is 8.04. The van der Waals surface area contributed by atoms with Crippen LogP contribution in [0.1, 0.15) is 87.7 Å². The summed E-state index contributed by atoms with van der Waals surface area (Å²) in [6.07, 6.45) is -10.1. The van der Waals surface area contributed by atoms with Gasteiger partial charge < -0.3 is 19.3 Å².